The van der Waals surface area contributed by atoms with Crippen molar-refractivity contribution in [3.05, 3.63) is 63.4 Å². The average Bonchev–Trinajstić information content (AvgIpc) is 2.45. The van der Waals surface area contributed by atoms with E-state index in [1.165, 1.54) is 11.8 Å². The summed E-state index contributed by atoms with van der Waals surface area (Å²) < 4.78 is 6.18. The third-order valence-electron chi connectivity index (χ3n) is 2.78. The van der Waals surface area contributed by atoms with E-state index in [4.69, 9.17) is 4.42 Å². The molecule has 3 rings (SSSR count). The standard InChI is InChI=1S/C15H9BrO3S/c16-9-5-7-10(8-6-9)20-14-13(17)11-3-1-2-4-12(11)19-15(14)18/h1-8,17H. The number of rotatable bonds is 2. The normalized spacial score (nSPS) is 10.8. The van der Waals surface area contributed by atoms with Crippen LogP contribution in [0.2, 0.25) is 0 Å². The topological polar surface area (TPSA) is 50.4 Å². The van der Waals surface area contributed by atoms with Crippen molar-refractivity contribution in [2.24, 2.45) is 0 Å². The Balaban J connectivity index is 2.11. The second-order valence-corrected chi connectivity index (χ2v) is 6.12. The number of benzene rings is 2. The number of para-hydroxylation sites is 1. The first-order valence-electron chi connectivity index (χ1n) is 5.83. The molecule has 0 fully saturated rings. The lowest BCUT2D eigenvalue weighted by Crippen LogP contribution is -2.02. The summed E-state index contributed by atoms with van der Waals surface area (Å²) in [4.78, 5) is 13.0. The van der Waals surface area contributed by atoms with E-state index < -0.39 is 5.63 Å². The van der Waals surface area contributed by atoms with Crippen LogP contribution in [0.3, 0.4) is 0 Å². The molecule has 1 heterocycles. The van der Waals surface area contributed by atoms with Gasteiger partial charge < -0.3 is 9.52 Å². The fraction of sp³-hybridized carbons (Fsp3) is 0. The van der Waals surface area contributed by atoms with Crippen molar-refractivity contribution in [1.29, 1.82) is 0 Å². The number of halogens is 1. The monoisotopic (exact) mass is 348 g/mol. The van der Waals surface area contributed by atoms with E-state index in [-0.39, 0.29) is 10.6 Å². The van der Waals surface area contributed by atoms with Crippen molar-refractivity contribution < 1.29 is 9.52 Å². The predicted octanol–water partition coefficient (Wildman–Crippen LogP) is 4.41. The Labute approximate surface area is 127 Å². The molecule has 0 unspecified atom stereocenters. The highest BCUT2D eigenvalue weighted by molar-refractivity contribution is 9.10. The highest BCUT2D eigenvalue weighted by Crippen LogP contribution is 2.36. The maximum atomic E-state index is 12.0. The minimum absolute atomic E-state index is 0.0373. The molecule has 3 nitrogen and oxygen atoms in total. The summed E-state index contributed by atoms with van der Waals surface area (Å²) in [6, 6.07) is 14.4. The SMILES string of the molecule is O=c1oc2ccccc2c(O)c1Sc1ccc(Br)cc1. The molecule has 2 aromatic carbocycles. The Kier molecular flexibility index (Phi) is 3.54. The summed E-state index contributed by atoms with van der Waals surface area (Å²) in [7, 11) is 0. The van der Waals surface area contributed by atoms with Gasteiger partial charge in [0.2, 0.25) is 0 Å². The van der Waals surface area contributed by atoms with Gasteiger partial charge in [0.05, 0.1) is 5.39 Å². The van der Waals surface area contributed by atoms with Crippen LogP contribution in [0.25, 0.3) is 11.0 Å². The van der Waals surface area contributed by atoms with Crippen LogP contribution in [0.1, 0.15) is 0 Å². The van der Waals surface area contributed by atoms with Gasteiger partial charge in [-0.3, -0.25) is 0 Å². The minimum Gasteiger partial charge on any atom is -0.506 e. The van der Waals surface area contributed by atoms with Crippen LogP contribution >= 0.6 is 27.7 Å². The van der Waals surface area contributed by atoms with Crippen LogP contribution in [0.5, 0.6) is 5.75 Å². The second-order valence-electron chi connectivity index (χ2n) is 4.12. The molecule has 0 saturated carbocycles. The Hall–Kier alpha value is -1.72. The van der Waals surface area contributed by atoms with Gasteiger partial charge in [0.1, 0.15) is 16.2 Å². The van der Waals surface area contributed by atoms with Gasteiger partial charge in [-0.05, 0) is 36.4 Å². The lowest BCUT2D eigenvalue weighted by atomic mass is 10.2. The molecule has 0 amide bonds. The first kappa shape index (κ1) is 13.3. The zero-order valence-corrected chi connectivity index (χ0v) is 12.6. The van der Waals surface area contributed by atoms with Crippen molar-refractivity contribution in [1.82, 2.24) is 0 Å². The summed E-state index contributed by atoms with van der Waals surface area (Å²) in [5, 5.41) is 10.8. The number of hydrogen-bond donors (Lipinski definition) is 1. The third kappa shape index (κ3) is 2.46. The molecule has 5 heteroatoms. The molecular formula is C15H9BrO3S. The van der Waals surface area contributed by atoms with E-state index in [0.717, 1.165) is 9.37 Å². The zero-order chi connectivity index (χ0) is 14.1. The molecule has 20 heavy (non-hydrogen) atoms. The van der Waals surface area contributed by atoms with Crippen LogP contribution in [-0.2, 0) is 0 Å². The fourth-order valence-corrected chi connectivity index (χ4v) is 2.93. The van der Waals surface area contributed by atoms with Crippen molar-refractivity contribution >= 4 is 38.7 Å². The molecule has 0 saturated heterocycles. The molecule has 0 bridgehead atoms. The highest BCUT2D eigenvalue weighted by Gasteiger charge is 2.14. The van der Waals surface area contributed by atoms with Crippen LogP contribution in [-0.4, -0.2) is 5.11 Å². The molecule has 100 valence electrons. The van der Waals surface area contributed by atoms with Crippen LogP contribution in [0, 0.1) is 0 Å². The van der Waals surface area contributed by atoms with Gasteiger partial charge in [-0.25, -0.2) is 4.79 Å². The van der Waals surface area contributed by atoms with Gasteiger partial charge in [0.25, 0.3) is 0 Å². The lowest BCUT2D eigenvalue weighted by Gasteiger charge is -2.05. The van der Waals surface area contributed by atoms with Crippen molar-refractivity contribution in [2.45, 2.75) is 9.79 Å². The molecule has 0 atom stereocenters. The molecule has 0 spiro atoms. The second kappa shape index (κ2) is 5.34. The Morgan fingerprint density at radius 2 is 1.75 bits per heavy atom. The molecule has 0 aliphatic rings. The van der Waals surface area contributed by atoms with E-state index >= 15 is 0 Å². The van der Waals surface area contributed by atoms with Gasteiger partial charge in [0.15, 0.2) is 0 Å². The Bertz CT molecular complexity index is 825. The molecular weight excluding hydrogens is 340 g/mol. The predicted molar refractivity (Wildman–Crippen MR) is 82.4 cm³/mol. The molecule has 1 N–H and O–H groups in total. The van der Waals surface area contributed by atoms with E-state index in [1.807, 2.05) is 24.3 Å². The van der Waals surface area contributed by atoms with Gasteiger partial charge >= 0.3 is 5.63 Å². The first-order chi connectivity index (χ1) is 9.65. The summed E-state index contributed by atoms with van der Waals surface area (Å²) in [6.45, 7) is 0. The van der Waals surface area contributed by atoms with Crippen molar-refractivity contribution in [3.63, 3.8) is 0 Å². The van der Waals surface area contributed by atoms with Gasteiger partial charge in [-0.15, -0.1) is 0 Å². The van der Waals surface area contributed by atoms with Crippen molar-refractivity contribution in [3.8, 4) is 5.75 Å². The van der Waals surface area contributed by atoms with Crippen molar-refractivity contribution in [2.75, 3.05) is 0 Å². The van der Waals surface area contributed by atoms with Gasteiger partial charge in [-0.1, -0.05) is 39.8 Å². The number of hydrogen-bond acceptors (Lipinski definition) is 4. The molecule has 3 aromatic rings. The molecule has 0 aliphatic heterocycles. The minimum atomic E-state index is -0.533. The summed E-state index contributed by atoms with van der Waals surface area (Å²) in [5.74, 6) is -0.0373. The summed E-state index contributed by atoms with van der Waals surface area (Å²) in [6.07, 6.45) is 0. The quantitative estimate of drug-likeness (QED) is 0.696. The largest absolute Gasteiger partial charge is 0.506 e. The highest BCUT2D eigenvalue weighted by atomic mass is 79.9. The average molecular weight is 349 g/mol. The Morgan fingerprint density at radius 1 is 1.05 bits per heavy atom. The summed E-state index contributed by atoms with van der Waals surface area (Å²) >= 11 is 4.54. The third-order valence-corrected chi connectivity index (χ3v) is 4.38. The van der Waals surface area contributed by atoms with E-state index in [0.29, 0.717) is 11.0 Å². The van der Waals surface area contributed by atoms with E-state index in [9.17, 15) is 9.90 Å². The fourth-order valence-electron chi connectivity index (χ4n) is 1.83. The maximum Gasteiger partial charge on any atom is 0.354 e. The van der Waals surface area contributed by atoms with Gasteiger partial charge in [-0.2, -0.15) is 0 Å². The lowest BCUT2D eigenvalue weighted by molar-refractivity contribution is 0.447. The van der Waals surface area contributed by atoms with Crippen LogP contribution in [0.4, 0.5) is 0 Å². The van der Waals surface area contributed by atoms with Crippen LogP contribution in [0.15, 0.2) is 72.0 Å². The van der Waals surface area contributed by atoms with E-state index in [2.05, 4.69) is 15.9 Å². The Morgan fingerprint density at radius 3 is 2.50 bits per heavy atom. The molecule has 1 aromatic heterocycles. The summed E-state index contributed by atoms with van der Waals surface area (Å²) in [5.41, 5.74) is -0.149. The number of fused-ring (bicyclic) bond motifs is 1. The maximum absolute atomic E-state index is 12.0. The molecule has 0 aliphatic carbocycles. The smallest absolute Gasteiger partial charge is 0.354 e. The molecule has 0 radical (unpaired) electrons. The van der Waals surface area contributed by atoms with E-state index in [1.54, 1.807) is 24.3 Å². The van der Waals surface area contributed by atoms with Gasteiger partial charge in [0, 0.05) is 9.37 Å². The first-order valence-corrected chi connectivity index (χ1v) is 7.44. The number of aromatic hydroxyl groups is 1. The zero-order valence-electron chi connectivity index (χ0n) is 10.2. The van der Waals surface area contributed by atoms with Crippen LogP contribution < -0.4 is 5.63 Å².